The number of methoxy groups -OCH3 is 1. The highest BCUT2D eigenvalue weighted by Gasteiger charge is 2.23. The van der Waals surface area contributed by atoms with Crippen LogP contribution in [0.2, 0.25) is 0 Å². The van der Waals surface area contributed by atoms with Gasteiger partial charge in [0, 0.05) is 19.6 Å². The Morgan fingerprint density at radius 3 is 2.75 bits per heavy atom. The minimum atomic E-state index is -0.205. The summed E-state index contributed by atoms with van der Waals surface area (Å²) in [7, 11) is 1.42. The SMILES string of the molecule is COC(=O)CC1CN(Cc2c(C)cccc2C)CCO1. The molecule has 1 aliphatic heterocycles. The molecule has 4 nitrogen and oxygen atoms in total. The summed E-state index contributed by atoms with van der Waals surface area (Å²) in [6, 6.07) is 6.39. The standard InChI is InChI=1S/C16H23NO3/c1-12-5-4-6-13(2)15(12)11-17-7-8-20-14(10-17)9-16(18)19-3/h4-6,14H,7-11H2,1-3H3. The summed E-state index contributed by atoms with van der Waals surface area (Å²) in [4.78, 5) is 13.7. The Morgan fingerprint density at radius 1 is 1.40 bits per heavy atom. The number of morpholine rings is 1. The Balaban J connectivity index is 1.97. The fraction of sp³-hybridized carbons (Fsp3) is 0.562. The van der Waals surface area contributed by atoms with Crippen LogP contribution in [-0.2, 0) is 20.8 Å². The molecule has 110 valence electrons. The Hall–Kier alpha value is -1.39. The van der Waals surface area contributed by atoms with Crippen LogP contribution in [0.15, 0.2) is 18.2 Å². The third-order valence-electron chi connectivity index (χ3n) is 3.87. The van der Waals surface area contributed by atoms with Gasteiger partial charge in [-0.3, -0.25) is 9.69 Å². The monoisotopic (exact) mass is 277 g/mol. The molecular formula is C16H23NO3. The van der Waals surface area contributed by atoms with Crippen LogP contribution in [0.5, 0.6) is 0 Å². The van der Waals surface area contributed by atoms with E-state index in [1.54, 1.807) is 0 Å². The van der Waals surface area contributed by atoms with Gasteiger partial charge in [-0.1, -0.05) is 18.2 Å². The van der Waals surface area contributed by atoms with Gasteiger partial charge in [-0.05, 0) is 30.5 Å². The molecule has 1 aromatic carbocycles. The summed E-state index contributed by atoms with van der Waals surface area (Å²) in [6.45, 7) is 7.57. The van der Waals surface area contributed by atoms with Crippen molar-refractivity contribution in [1.29, 1.82) is 0 Å². The van der Waals surface area contributed by atoms with Gasteiger partial charge in [0.05, 0.1) is 26.2 Å². The number of ether oxygens (including phenoxy) is 2. The molecule has 0 N–H and O–H groups in total. The van der Waals surface area contributed by atoms with Crippen LogP contribution in [0.25, 0.3) is 0 Å². The van der Waals surface area contributed by atoms with Gasteiger partial charge in [0.15, 0.2) is 0 Å². The number of hydrogen-bond donors (Lipinski definition) is 0. The van der Waals surface area contributed by atoms with E-state index in [-0.39, 0.29) is 12.1 Å². The van der Waals surface area contributed by atoms with Crippen LogP contribution in [-0.4, -0.2) is 43.8 Å². The molecular weight excluding hydrogens is 254 g/mol. The maximum Gasteiger partial charge on any atom is 0.308 e. The van der Waals surface area contributed by atoms with Gasteiger partial charge >= 0.3 is 5.97 Å². The smallest absolute Gasteiger partial charge is 0.308 e. The first-order chi connectivity index (χ1) is 9.60. The van der Waals surface area contributed by atoms with Crippen LogP contribution in [0, 0.1) is 13.8 Å². The number of esters is 1. The van der Waals surface area contributed by atoms with Gasteiger partial charge in [0.1, 0.15) is 0 Å². The molecule has 4 heteroatoms. The molecule has 0 radical (unpaired) electrons. The third kappa shape index (κ3) is 3.81. The van der Waals surface area contributed by atoms with Crippen molar-refractivity contribution in [3.05, 3.63) is 34.9 Å². The maximum absolute atomic E-state index is 11.3. The molecule has 0 bridgehead atoms. The largest absolute Gasteiger partial charge is 0.469 e. The summed E-state index contributed by atoms with van der Waals surface area (Å²) in [5.41, 5.74) is 4.02. The second kappa shape index (κ2) is 6.86. The van der Waals surface area contributed by atoms with Crippen LogP contribution in [0.1, 0.15) is 23.1 Å². The lowest BCUT2D eigenvalue weighted by molar-refractivity contribution is -0.145. The topological polar surface area (TPSA) is 38.8 Å². The van der Waals surface area contributed by atoms with Gasteiger partial charge in [-0.15, -0.1) is 0 Å². The van der Waals surface area contributed by atoms with Crippen molar-refractivity contribution in [3.8, 4) is 0 Å². The zero-order valence-corrected chi connectivity index (χ0v) is 12.5. The molecule has 1 atom stereocenters. The van der Waals surface area contributed by atoms with E-state index in [1.807, 2.05) is 0 Å². The predicted octanol–water partition coefficient (Wildman–Crippen LogP) is 2.07. The predicted molar refractivity (Wildman–Crippen MR) is 77.6 cm³/mol. The van der Waals surface area contributed by atoms with Crippen molar-refractivity contribution >= 4 is 5.97 Å². The number of rotatable bonds is 4. The van der Waals surface area contributed by atoms with E-state index in [9.17, 15) is 4.79 Å². The summed E-state index contributed by atoms with van der Waals surface area (Å²) >= 11 is 0. The van der Waals surface area contributed by atoms with Crippen LogP contribution >= 0.6 is 0 Å². The maximum atomic E-state index is 11.3. The van der Waals surface area contributed by atoms with Crippen LogP contribution in [0.3, 0.4) is 0 Å². The molecule has 1 heterocycles. The zero-order valence-electron chi connectivity index (χ0n) is 12.5. The number of aryl methyl sites for hydroxylation is 2. The van der Waals surface area contributed by atoms with Crippen molar-refractivity contribution in [3.63, 3.8) is 0 Å². The van der Waals surface area contributed by atoms with Gasteiger partial charge in [0.25, 0.3) is 0 Å². The average molecular weight is 277 g/mol. The quantitative estimate of drug-likeness (QED) is 0.790. The highest BCUT2D eigenvalue weighted by molar-refractivity contribution is 5.69. The normalized spacial score (nSPS) is 19.9. The lowest BCUT2D eigenvalue weighted by atomic mass is 10.0. The van der Waals surface area contributed by atoms with E-state index in [0.717, 1.165) is 19.6 Å². The Morgan fingerprint density at radius 2 is 2.10 bits per heavy atom. The van der Waals surface area contributed by atoms with Crippen LogP contribution in [0.4, 0.5) is 0 Å². The Labute approximate surface area is 120 Å². The molecule has 0 aromatic heterocycles. The van der Waals surface area contributed by atoms with E-state index < -0.39 is 0 Å². The molecule has 1 saturated heterocycles. The summed E-state index contributed by atoms with van der Waals surface area (Å²) in [6.07, 6.45) is 0.278. The lowest BCUT2D eigenvalue weighted by Gasteiger charge is -2.33. The fourth-order valence-corrected chi connectivity index (χ4v) is 2.64. The first kappa shape index (κ1) is 15.0. The number of carbonyl (C=O) groups excluding carboxylic acids is 1. The van der Waals surface area contributed by atoms with Crippen molar-refractivity contribution < 1.29 is 14.3 Å². The van der Waals surface area contributed by atoms with Crippen LogP contribution < -0.4 is 0 Å². The molecule has 20 heavy (non-hydrogen) atoms. The number of nitrogens with zero attached hydrogens (tertiary/aromatic N) is 1. The summed E-state index contributed by atoms with van der Waals surface area (Å²) < 4.78 is 10.3. The van der Waals surface area contributed by atoms with E-state index in [4.69, 9.17) is 9.47 Å². The summed E-state index contributed by atoms with van der Waals surface area (Å²) in [5.74, 6) is -0.205. The second-order valence-corrected chi connectivity index (χ2v) is 5.38. The van der Waals surface area contributed by atoms with Gasteiger partial charge in [0.2, 0.25) is 0 Å². The molecule has 0 aliphatic carbocycles. The Kier molecular flexibility index (Phi) is 5.15. The molecule has 1 aromatic rings. The lowest BCUT2D eigenvalue weighted by Crippen LogP contribution is -2.43. The second-order valence-electron chi connectivity index (χ2n) is 5.38. The third-order valence-corrected chi connectivity index (χ3v) is 3.87. The molecule has 0 spiro atoms. The minimum Gasteiger partial charge on any atom is -0.469 e. The zero-order chi connectivity index (χ0) is 14.5. The number of benzene rings is 1. The van der Waals surface area contributed by atoms with Crippen molar-refractivity contribution in [2.24, 2.45) is 0 Å². The number of hydrogen-bond acceptors (Lipinski definition) is 4. The van der Waals surface area contributed by atoms with E-state index in [1.165, 1.54) is 23.8 Å². The first-order valence-electron chi connectivity index (χ1n) is 7.06. The van der Waals surface area contributed by atoms with Crippen molar-refractivity contribution in [2.45, 2.75) is 32.9 Å². The van der Waals surface area contributed by atoms with Crippen molar-refractivity contribution in [1.82, 2.24) is 4.90 Å². The number of carbonyl (C=O) groups is 1. The van der Waals surface area contributed by atoms with Gasteiger partial charge in [-0.2, -0.15) is 0 Å². The highest BCUT2D eigenvalue weighted by atomic mass is 16.5. The molecule has 1 fully saturated rings. The minimum absolute atomic E-state index is 0.0551. The van der Waals surface area contributed by atoms with Crippen molar-refractivity contribution in [2.75, 3.05) is 26.8 Å². The summed E-state index contributed by atoms with van der Waals surface area (Å²) in [5, 5.41) is 0. The van der Waals surface area contributed by atoms with E-state index in [0.29, 0.717) is 13.0 Å². The molecule has 1 aliphatic rings. The molecule has 0 saturated carbocycles. The molecule has 0 amide bonds. The first-order valence-corrected chi connectivity index (χ1v) is 7.06. The van der Waals surface area contributed by atoms with Gasteiger partial charge in [-0.25, -0.2) is 0 Å². The average Bonchev–Trinajstić information content (AvgIpc) is 2.43. The molecule has 1 unspecified atom stereocenters. The highest BCUT2D eigenvalue weighted by Crippen LogP contribution is 2.18. The fourth-order valence-electron chi connectivity index (χ4n) is 2.64. The molecule has 2 rings (SSSR count). The van der Waals surface area contributed by atoms with E-state index in [2.05, 4.69) is 36.9 Å². The van der Waals surface area contributed by atoms with E-state index >= 15 is 0 Å². The van der Waals surface area contributed by atoms with Gasteiger partial charge < -0.3 is 9.47 Å². The Bertz CT molecular complexity index is 453.